The highest BCUT2D eigenvalue weighted by Crippen LogP contribution is 2.30. The first-order valence-corrected chi connectivity index (χ1v) is 10.6. The highest BCUT2D eigenvalue weighted by molar-refractivity contribution is 4.94. The molecule has 2 heterocycles. The Morgan fingerprint density at radius 3 is 1.90 bits per heavy atom. The molecule has 176 valence electrons. The molecular formula is C19H34O11. The molecule has 7 N–H and O–H groups in total. The van der Waals surface area contributed by atoms with Gasteiger partial charge in [0.25, 0.3) is 0 Å². The van der Waals surface area contributed by atoms with Gasteiger partial charge < -0.3 is 54.7 Å². The second-order valence-corrected chi connectivity index (χ2v) is 8.34. The van der Waals surface area contributed by atoms with Gasteiger partial charge in [0.2, 0.25) is 0 Å². The van der Waals surface area contributed by atoms with Gasteiger partial charge in [-0.15, -0.1) is 0 Å². The van der Waals surface area contributed by atoms with Gasteiger partial charge >= 0.3 is 0 Å². The minimum Gasteiger partial charge on any atom is -0.394 e. The van der Waals surface area contributed by atoms with Crippen molar-refractivity contribution >= 4 is 0 Å². The molecule has 0 aromatic rings. The number of aliphatic hydroxyl groups excluding tert-OH is 7. The predicted octanol–water partition coefficient (Wildman–Crippen LogP) is -2.79. The first kappa shape index (κ1) is 24.2. The average Bonchev–Trinajstić information content (AvgIpc) is 2.77. The van der Waals surface area contributed by atoms with Gasteiger partial charge in [-0.3, -0.25) is 0 Å². The summed E-state index contributed by atoms with van der Waals surface area (Å²) in [7, 11) is 0. The molecule has 0 unspecified atom stereocenters. The first-order chi connectivity index (χ1) is 14.4. The number of hydrogen-bond acceptors (Lipinski definition) is 11. The summed E-state index contributed by atoms with van der Waals surface area (Å²) in [6.07, 6.45) is -8.75. The van der Waals surface area contributed by atoms with Gasteiger partial charge in [0.1, 0.15) is 48.8 Å². The number of rotatable bonds is 7. The van der Waals surface area contributed by atoms with Gasteiger partial charge in [-0.2, -0.15) is 0 Å². The van der Waals surface area contributed by atoms with Crippen LogP contribution in [0.1, 0.15) is 32.1 Å². The van der Waals surface area contributed by atoms with Gasteiger partial charge in [-0.25, -0.2) is 0 Å². The molecule has 0 aromatic heterocycles. The van der Waals surface area contributed by atoms with Crippen LogP contribution >= 0.6 is 0 Å². The Balaban J connectivity index is 1.61. The van der Waals surface area contributed by atoms with Crippen LogP contribution in [0.3, 0.4) is 0 Å². The topological polar surface area (TPSA) is 179 Å². The molecule has 0 bridgehead atoms. The predicted molar refractivity (Wildman–Crippen MR) is 98.9 cm³/mol. The Labute approximate surface area is 174 Å². The van der Waals surface area contributed by atoms with Crippen LogP contribution in [0.2, 0.25) is 0 Å². The molecule has 1 aliphatic carbocycles. The lowest BCUT2D eigenvalue weighted by Crippen LogP contribution is -2.64. The van der Waals surface area contributed by atoms with Crippen LogP contribution in [-0.2, 0) is 18.9 Å². The Morgan fingerprint density at radius 2 is 1.27 bits per heavy atom. The van der Waals surface area contributed by atoms with E-state index in [-0.39, 0.29) is 0 Å². The molecule has 0 aromatic carbocycles. The normalized spacial score (nSPS) is 46.1. The molecule has 0 spiro atoms. The van der Waals surface area contributed by atoms with Crippen molar-refractivity contribution in [3.63, 3.8) is 0 Å². The Morgan fingerprint density at radius 1 is 0.667 bits per heavy atom. The Hall–Kier alpha value is -0.440. The zero-order valence-electron chi connectivity index (χ0n) is 16.8. The summed E-state index contributed by atoms with van der Waals surface area (Å²) >= 11 is 0. The minimum atomic E-state index is -1.69. The molecular weight excluding hydrogens is 404 g/mol. The summed E-state index contributed by atoms with van der Waals surface area (Å²) in [5.74, 6) is 0.349. The van der Waals surface area contributed by atoms with Gasteiger partial charge in [0.15, 0.2) is 12.6 Å². The van der Waals surface area contributed by atoms with Crippen molar-refractivity contribution in [3.8, 4) is 0 Å². The number of ether oxygens (including phenoxy) is 4. The maximum atomic E-state index is 10.6. The van der Waals surface area contributed by atoms with Crippen molar-refractivity contribution in [1.82, 2.24) is 0 Å². The monoisotopic (exact) mass is 438 g/mol. The van der Waals surface area contributed by atoms with E-state index in [1.54, 1.807) is 0 Å². The molecule has 3 aliphatic rings. The fourth-order valence-electron chi connectivity index (χ4n) is 4.28. The third-order valence-corrected chi connectivity index (χ3v) is 6.18. The van der Waals surface area contributed by atoms with Crippen molar-refractivity contribution in [2.75, 3.05) is 19.8 Å². The molecule has 30 heavy (non-hydrogen) atoms. The van der Waals surface area contributed by atoms with Gasteiger partial charge in [-0.1, -0.05) is 19.3 Å². The zero-order valence-corrected chi connectivity index (χ0v) is 16.8. The molecule has 11 heteroatoms. The van der Waals surface area contributed by atoms with Crippen molar-refractivity contribution in [2.45, 2.75) is 93.5 Å². The molecule has 11 nitrogen and oxygen atoms in total. The van der Waals surface area contributed by atoms with E-state index in [1.807, 2.05) is 0 Å². The fourth-order valence-corrected chi connectivity index (χ4v) is 4.28. The van der Waals surface area contributed by atoms with E-state index < -0.39 is 74.6 Å². The molecule has 2 aliphatic heterocycles. The second kappa shape index (κ2) is 10.9. The molecule has 0 radical (unpaired) electrons. The van der Waals surface area contributed by atoms with E-state index in [0.717, 1.165) is 25.7 Å². The van der Waals surface area contributed by atoms with Gasteiger partial charge in [0, 0.05) is 0 Å². The van der Waals surface area contributed by atoms with Crippen LogP contribution in [0, 0.1) is 5.92 Å². The van der Waals surface area contributed by atoms with Crippen LogP contribution in [0.25, 0.3) is 0 Å². The highest BCUT2D eigenvalue weighted by Gasteiger charge is 2.50. The highest BCUT2D eigenvalue weighted by atomic mass is 16.7. The summed E-state index contributed by atoms with van der Waals surface area (Å²) in [5, 5.41) is 69.9. The third-order valence-electron chi connectivity index (χ3n) is 6.18. The van der Waals surface area contributed by atoms with E-state index in [2.05, 4.69) is 0 Å². The Kier molecular flexibility index (Phi) is 8.82. The quantitative estimate of drug-likeness (QED) is 0.218. The standard InChI is InChI=1S/C19H34O11/c20-6-10-12(22)13(23)15(25)19(28-10)30-17-11(7-21)29-18(16(26)14(17)24)27-8-9-4-2-1-3-5-9/h9-26H,1-8H2/t10-,11-,12-,13+,14-,15-,16-,17-,18-,19-/m1/s1. The van der Waals surface area contributed by atoms with E-state index >= 15 is 0 Å². The largest absolute Gasteiger partial charge is 0.394 e. The molecule has 3 fully saturated rings. The molecule has 3 rings (SSSR count). The molecule has 1 saturated carbocycles. The summed E-state index contributed by atoms with van der Waals surface area (Å²) in [6, 6.07) is 0. The average molecular weight is 438 g/mol. The van der Waals surface area contributed by atoms with Crippen LogP contribution in [0.4, 0.5) is 0 Å². The lowest BCUT2D eigenvalue weighted by atomic mass is 9.90. The minimum absolute atomic E-state index is 0.349. The van der Waals surface area contributed by atoms with Gasteiger partial charge in [-0.05, 0) is 18.8 Å². The maximum absolute atomic E-state index is 10.6. The van der Waals surface area contributed by atoms with Crippen molar-refractivity contribution < 1.29 is 54.7 Å². The van der Waals surface area contributed by atoms with Crippen LogP contribution in [0.5, 0.6) is 0 Å². The van der Waals surface area contributed by atoms with Crippen LogP contribution in [0.15, 0.2) is 0 Å². The molecule has 2 saturated heterocycles. The summed E-state index contributed by atoms with van der Waals surface area (Å²) in [6.45, 7) is -0.850. The molecule has 10 atom stereocenters. The zero-order chi connectivity index (χ0) is 21.8. The second-order valence-electron chi connectivity index (χ2n) is 8.34. The van der Waals surface area contributed by atoms with E-state index in [0.29, 0.717) is 12.5 Å². The summed E-state index contributed by atoms with van der Waals surface area (Å²) in [4.78, 5) is 0. The van der Waals surface area contributed by atoms with Crippen molar-refractivity contribution in [3.05, 3.63) is 0 Å². The lowest BCUT2D eigenvalue weighted by Gasteiger charge is -2.46. The molecule has 0 amide bonds. The van der Waals surface area contributed by atoms with Crippen LogP contribution in [-0.4, -0.2) is 117 Å². The smallest absolute Gasteiger partial charge is 0.187 e. The van der Waals surface area contributed by atoms with E-state index in [4.69, 9.17) is 18.9 Å². The number of hydrogen-bond donors (Lipinski definition) is 7. The van der Waals surface area contributed by atoms with E-state index in [9.17, 15) is 35.7 Å². The maximum Gasteiger partial charge on any atom is 0.187 e. The van der Waals surface area contributed by atoms with Crippen molar-refractivity contribution in [2.24, 2.45) is 5.92 Å². The van der Waals surface area contributed by atoms with Gasteiger partial charge in [0.05, 0.1) is 19.8 Å². The van der Waals surface area contributed by atoms with E-state index in [1.165, 1.54) is 6.42 Å². The van der Waals surface area contributed by atoms with Crippen molar-refractivity contribution in [1.29, 1.82) is 0 Å². The van der Waals surface area contributed by atoms with Crippen LogP contribution < -0.4 is 0 Å². The fraction of sp³-hybridized carbons (Fsp3) is 1.00. The number of aliphatic hydroxyl groups is 7. The first-order valence-electron chi connectivity index (χ1n) is 10.6. The lowest BCUT2D eigenvalue weighted by molar-refractivity contribution is -0.360. The summed E-state index contributed by atoms with van der Waals surface area (Å²) < 4.78 is 22.1. The SMILES string of the molecule is OC[C@H]1O[C@H](O[C@H]2[C@H](O)[C@@H](O)[C@H](OCC3CCCCC3)O[C@@H]2CO)[C@H](O)[C@@H](O)[C@@H]1O. The third kappa shape index (κ3) is 5.30. The Bertz CT molecular complexity index is 513. The summed E-state index contributed by atoms with van der Waals surface area (Å²) in [5.41, 5.74) is 0.